The number of ether oxygens (including phenoxy) is 2. The minimum Gasteiger partial charge on any atom is -0.497 e. The van der Waals surface area contributed by atoms with Gasteiger partial charge in [0.15, 0.2) is 0 Å². The number of hydrogen-bond acceptors (Lipinski definition) is 5. The second-order valence-corrected chi connectivity index (χ2v) is 6.66. The van der Waals surface area contributed by atoms with Gasteiger partial charge < -0.3 is 19.7 Å². The number of rotatable bonds is 4. The lowest BCUT2D eigenvalue weighted by atomic mass is 9.91. The van der Waals surface area contributed by atoms with Gasteiger partial charge in [0.1, 0.15) is 5.75 Å². The Balaban J connectivity index is 1.92. The van der Waals surface area contributed by atoms with Crippen LogP contribution < -0.4 is 15.0 Å². The Labute approximate surface area is 159 Å². The highest BCUT2D eigenvalue weighted by Gasteiger charge is 2.32. The second kappa shape index (κ2) is 7.70. The monoisotopic (exact) mass is 368 g/mol. The van der Waals surface area contributed by atoms with Crippen LogP contribution in [-0.4, -0.2) is 32.1 Å². The minimum absolute atomic E-state index is 0.0182. The van der Waals surface area contributed by atoms with Gasteiger partial charge in [0.05, 0.1) is 25.8 Å². The van der Waals surface area contributed by atoms with E-state index in [2.05, 4.69) is 5.32 Å². The van der Waals surface area contributed by atoms with Gasteiger partial charge in [-0.1, -0.05) is 0 Å². The van der Waals surface area contributed by atoms with Crippen molar-refractivity contribution in [1.82, 2.24) is 0 Å². The number of nitrogens with zero attached hydrogens (tertiary/aromatic N) is 1. The third kappa shape index (κ3) is 3.74. The number of hydrogen-bond donors (Lipinski definition) is 1. The van der Waals surface area contributed by atoms with E-state index in [4.69, 9.17) is 9.47 Å². The number of amides is 1. The van der Waals surface area contributed by atoms with Gasteiger partial charge in [0.25, 0.3) is 0 Å². The molecule has 0 fully saturated rings. The summed E-state index contributed by atoms with van der Waals surface area (Å²) >= 11 is 0. The van der Waals surface area contributed by atoms with Crippen LogP contribution in [0.5, 0.6) is 5.75 Å². The minimum atomic E-state index is -0.361. The number of benzene rings is 2. The maximum Gasteiger partial charge on any atom is 0.337 e. The third-order valence-corrected chi connectivity index (χ3v) is 4.87. The normalized spacial score (nSPS) is 18.4. The van der Waals surface area contributed by atoms with Crippen LogP contribution in [0.1, 0.15) is 42.2 Å². The zero-order chi connectivity index (χ0) is 19.6. The molecule has 1 aliphatic heterocycles. The fourth-order valence-electron chi connectivity index (χ4n) is 3.61. The van der Waals surface area contributed by atoms with Crippen molar-refractivity contribution >= 4 is 23.3 Å². The predicted molar refractivity (Wildman–Crippen MR) is 104 cm³/mol. The molecule has 3 rings (SSSR count). The molecule has 2 atom stereocenters. The Morgan fingerprint density at radius 1 is 1.11 bits per heavy atom. The van der Waals surface area contributed by atoms with Crippen molar-refractivity contribution in [3.05, 3.63) is 53.6 Å². The molecule has 1 aliphatic rings. The molecule has 6 heteroatoms. The molecule has 0 aliphatic carbocycles. The van der Waals surface area contributed by atoms with E-state index in [1.54, 1.807) is 26.2 Å². The topological polar surface area (TPSA) is 67.9 Å². The smallest absolute Gasteiger partial charge is 0.337 e. The summed E-state index contributed by atoms with van der Waals surface area (Å²) in [6.45, 7) is 3.63. The van der Waals surface area contributed by atoms with Gasteiger partial charge >= 0.3 is 5.97 Å². The lowest BCUT2D eigenvalue weighted by Crippen LogP contribution is -2.43. The summed E-state index contributed by atoms with van der Waals surface area (Å²) in [5.41, 5.74) is 3.31. The number of nitrogens with one attached hydrogen (secondary N) is 1. The highest BCUT2D eigenvalue weighted by molar-refractivity contribution is 5.94. The van der Waals surface area contributed by atoms with Crippen LogP contribution in [0.2, 0.25) is 0 Å². The molecule has 1 heterocycles. The van der Waals surface area contributed by atoms with E-state index in [9.17, 15) is 9.59 Å². The van der Waals surface area contributed by atoms with E-state index in [1.807, 2.05) is 42.2 Å². The number of esters is 1. The van der Waals surface area contributed by atoms with Crippen LogP contribution in [0.4, 0.5) is 11.4 Å². The fourth-order valence-corrected chi connectivity index (χ4v) is 3.61. The molecular weight excluding hydrogens is 344 g/mol. The van der Waals surface area contributed by atoms with Gasteiger partial charge in [-0.15, -0.1) is 0 Å². The van der Waals surface area contributed by atoms with E-state index < -0.39 is 0 Å². The van der Waals surface area contributed by atoms with Gasteiger partial charge in [-0.3, -0.25) is 4.79 Å². The molecule has 0 spiro atoms. The molecule has 142 valence electrons. The Bertz CT molecular complexity index is 848. The molecule has 0 unspecified atom stereocenters. The Morgan fingerprint density at radius 2 is 1.81 bits per heavy atom. The molecule has 1 N–H and O–H groups in total. The Morgan fingerprint density at radius 3 is 2.41 bits per heavy atom. The number of fused-ring (bicyclic) bond motifs is 1. The van der Waals surface area contributed by atoms with Crippen molar-refractivity contribution in [1.29, 1.82) is 0 Å². The number of methoxy groups -OCH3 is 2. The summed E-state index contributed by atoms with van der Waals surface area (Å²) in [7, 11) is 2.99. The molecular formula is C21H24N2O4. The lowest BCUT2D eigenvalue weighted by Gasteiger charge is -2.39. The van der Waals surface area contributed by atoms with Crippen molar-refractivity contribution in [2.45, 2.75) is 32.4 Å². The van der Waals surface area contributed by atoms with Crippen molar-refractivity contribution in [3.8, 4) is 5.75 Å². The zero-order valence-corrected chi connectivity index (χ0v) is 16.0. The quantitative estimate of drug-likeness (QED) is 0.832. The summed E-state index contributed by atoms with van der Waals surface area (Å²) < 4.78 is 10.1. The maximum atomic E-state index is 12.2. The van der Waals surface area contributed by atoms with Crippen LogP contribution in [0.15, 0.2) is 42.5 Å². The van der Waals surface area contributed by atoms with Gasteiger partial charge in [-0.2, -0.15) is 0 Å². The predicted octanol–water partition coefficient (Wildman–Crippen LogP) is 3.78. The van der Waals surface area contributed by atoms with Crippen LogP contribution in [0.25, 0.3) is 0 Å². The molecule has 0 radical (unpaired) electrons. The molecule has 0 saturated carbocycles. The van der Waals surface area contributed by atoms with Crippen LogP contribution in [0, 0.1) is 0 Å². The van der Waals surface area contributed by atoms with E-state index in [-0.39, 0.29) is 24.0 Å². The molecule has 0 saturated heterocycles. The van der Waals surface area contributed by atoms with E-state index in [1.165, 1.54) is 7.11 Å². The Kier molecular flexibility index (Phi) is 5.35. The fraction of sp³-hybridized carbons (Fsp3) is 0.333. The van der Waals surface area contributed by atoms with Gasteiger partial charge in [0, 0.05) is 29.9 Å². The second-order valence-electron chi connectivity index (χ2n) is 6.66. The molecule has 1 amide bonds. The summed E-state index contributed by atoms with van der Waals surface area (Å²) in [5, 5.41) is 3.52. The highest BCUT2D eigenvalue weighted by atomic mass is 16.5. The van der Waals surface area contributed by atoms with Crippen LogP contribution >= 0.6 is 0 Å². The number of anilines is 2. The summed E-state index contributed by atoms with van der Waals surface area (Å²) in [6, 6.07) is 13.0. The average Bonchev–Trinajstić information content (AvgIpc) is 2.67. The van der Waals surface area contributed by atoms with E-state index in [0.717, 1.165) is 29.1 Å². The summed E-state index contributed by atoms with van der Waals surface area (Å²) in [5.74, 6) is 0.412. The van der Waals surface area contributed by atoms with E-state index >= 15 is 0 Å². The largest absolute Gasteiger partial charge is 0.497 e. The molecule has 0 bridgehead atoms. The van der Waals surface area contributed by atoms with Crippen molar-refractivity contribution in [2.75, 3.05) is 24.4 Å². The standard InChI is InChI=1S/C21H24N2O4/c1-13-11-19(22-16-7-5-15(6-8-16)21(25)27-4)18-12-17(26-3)9-10-20(18)23(13)14(2)24/h5-10,12-13,19,22H,11H2,1-4H3/t13-,19+/m0/s1. The van der Waals surface area contributed by atoms with Gasteiger partial charge in [-0.05, 0) is 55.8 Å². The molecule has 2 aromatic carbocycles. The summed E-state index contributed by atoms with van der Waals surface area (Å²) in [4.78, 5) is 25.6. The average molecular weight is 368 g/mol. The van der Waals surface area contributed by atoms with Crippen molar-refractivity contribution < 1.29 is 19.1 Å². The third-order valence-electron chi connectivity index (χ3n) is 4.87. The Hall–Kier alpha value is -3.02. The first-order valence-electron chi connectivity index (χ1n) is 8.87. The van der Waals surface area contributed by atoms with Crippen molar-refractivity contribution in [2.24, 2.45) is 0 Å². The first kappa shape index (κ1) is 18.8. The first-order valence-corrected chi connectivity index (χ1v) is 8.87. The number of carbonyl (C=O) groups excluding carboxylic acids is 2. The van der Waals surface area contributed by atoms with Crippen LogP contribution in [-0.2, 0) is 9.53 Å². The zero-order valence-electron chi connectivity index (χ0n) is 16.0. The number of carbonyl (C=O) groups is 2. The van der Waals surface area contributed by atoms with Gasteiger partial charge in [0.2, 0.25) is 5.91 Å². The molecule has 6 nitrogen and oxygen atoms in total. The van der Waals surface area contributed by atoms with Gasteiger partial charge in [-0.25, -0.2) is 4.79 Å². The molecule has 27 heavy (non-hydrogen) atoms. The first-order chi connectivity index (χ1) is 12.9. The van der Waals surface area contributed by atoms with Crippen LogP contribution in [0.3, 0.4) is 0 Å². The SMILES string of the molecule is COC(=O)c1ccc(N[C@@H]2C[C@H](C)N(C(C)=O)c3ccc(OC)cc32)cc1. The lowest BCUT2D eigenvalue weighted by molar-refractivity contribution is -0.117. The maximum absolute atomic E-state index is 12.2. The van der Waals surface area contributed by atoms with E-state index in [0.29, 0.717) is 5.56 Å². The molecule has 2 aromatic rings. The summed E-state index contributed by atoms with van der Waals surface area (Å²) in [6.07, 6.45) is 0.762. The molecule has 0 aromatic heterocycles. The van der Waals surface area contributed by atoms with Crippen molar-refractivity contribution in [3.63, 3.8) is 0 Å². The highest BCUT2D eigenvalue weighted by Crippen LogP contribution is 2.40.